The molecule has 1 aliphatic rings. The van der Waals surface area contributed by atoms with E-state index < -0.39 is 42.4 Å². The molecule has 1 aliphatic heterocycles. The zero-order chi connectivity index (χ0) is 14.6. The predicted molar refractivity (Wildman–Crippen MR) is 60.7 cm³/mol. The SMILES string of the molecule is CC(=O)NC1C(OC(C)=O)COC(O)C1OC(C)=O. The molecule has 1 amide bonds. The van der Waals surface area contributed by atoms with E-state index in [9.17, 15) is 19.5 Å². The summed E-state index contributed by atoms with van der Waals surface area (Å²) in [7, 11) is 0. The smallest absolute Gasteiger partial charge is 0.303 e. The Morgan fingerprint density at radius 2 is 1.74 bits per heavy atom. The molecule has 8 heteroatoms. The van der Waals surface area contributed by atoms with E-state index in [1.807, 2.05) is 0 Å². The lowest BCUT2D eigenvalue weighted by molar-refractivity contribution is -0.238. The van der Waals surface area contributed by atoms with E-state index in [-0.39, 0.29) is 6.61 Å². The number of hydrogen-bond acceptors (Lipinski definition) is 7. The third kappa shape index (κ3) is 4.49. The quantitative estimate of drug-likeness (QED) is 0.616. The van der Waals surface area contributed by atoms with Gasteiger partial charge in [0.05, 0.1) is 6.61 Å². The van der Waals surface area contributed by atoms with Gasteiger partial charge < -0.3 is 24.6 Å². The number of aliphatic hydroxyl groups is 1. The Kier molecular flexibility index (Phi) is 5.25. The molecule has 108 valence electrons. The van der Waals surface area contributed by atoms with Gasteiger partial charge in [-0.15, -0.1) is 0 Å². The lowest BCUT2D eigenvalue weighted by atomic mass is 10.0. The van der Waals surface area contributed by atoms with Crippen molar-refractivity contribution >= 4 is 17.8 Å². The van der Waals surface area contributed by atoms with Gasteiger partial charge in [0, 0.05) is 20.8 Å². The first-order valence-corrected chi connectivity index (χ1v) is 5.72. The summed E-state index contributed by atoms with van der Waals surface area (Å²) >= 11 is 0. The minimum absolute atomic E-state index is 0.108. The topological polar surface area (TPSA) is 111 Å². The second-order valence-corrected chi connectivity index (χ2v) is 4.17. The van der Waals surface area contributed by atoms with Gasteiger partial charge in [0.1, 0.15) is 12.1 Å². The van der Waals surface area contributed by atoms with Gasteiger partial charge in [0.15, 0.2) is 12.4 Å². The van der Waals surface area contributed by atoms with E-state index in [0.29, 0.717) is 0 Å². The molecular formula is C11H17NO7. The summed E-state index contributed by atoms with van der Waals surface area (Å²) in [6.07, 6.45) is -3.37. The monoisotopic (exact) mass is 275 g/mol. The van der Waals surface area contributed by atoms with Crippen LogP contribution in [0.5, 0.6) is 0 Å². The average Bonchev–Trinajstić information content (AvgIpc) is 2.25. The zero-order valence-corrected chi connectivity index (χ0v) is 10.9. The Labute approximate surface area is 110 Å². The van der Waals surface area contributed by atoms with Gasteiger partial charge in [-0.3, -0.25) is 14.4 Å². The van der Waals surface area contributed by atoms with Gasteiger partial charge in [-0.1, -0.05) is 0 Å². The largest absolute Gasteiger partial charge is 0.458 e. The fourth-order valence-corrected chi connectivity index (χ4v) is 1.83. The Bertz CT molecular complexity index is 370. The second kappa shape index (κ2) is 6.48. The maximum atomic E-state index is 11.2. The first-order valence-electron chi connectivity index (χ1n) is 5.72. The molecule has 8 nitrogen and oxygen atoms in total. The molecule has 0 bridgehead atoms. The van der Waals surface area contributed by atoms with E-state index in [4.69, 9.17) is 14.2 Å². The standard InChI is InChI=1S/C11H17NO7/c1-5(13)12-9-8(18-6(2)14)4-17-11(16)10(9)19-7(3)15/h8-11,16H,4H2,1-3H3,(H,12,13). The summed E-state index contributed by atoms with van der Waals surface area (Å²) in [6, 6.07) is -0.867. The molecule has 1 fully saturated rings. The first kappa shape index (κ1) is 15.4. The van der Waals surface area contributed by atoms with Crippen molar-refractivity contribution in [1.82, 2.24) is 5.32 Å². The van der Waals surface area contributed by atoms with Crippen LogP contribution in [0.4, 0.5) is 0 Å². The fourth-order valence-electron chi connectivity index (χ4n) is 1.83. The molecule has 4 unspecified atom stereocenters. The molecule has 4 atom stereocenters. The molecule has 19 heavy (non-hydrogen) atoms. The number of amides is 1. The number of rotatable bonds is 3. The number of ether oxygens (including phenoxy) is 3. The second-order valence-electron chi connectivity index (χ2n) is 4.17. The lowest BCUT2D eigenvalue weighted by Crippen LogP contribution is -2.62. The summed E-state index contributed by atoms with van der Waals surface area (Å²) in [5.41, 5.74) is 0. The molecule has 1 saturated heterocycles. The minimum atomic E-state index is -1.40. The van der Waals surface area contributed by atoms with Crippen molar-refractivity contribution in [2.75, 3.05) is 6.61 Å². The number of carbonyl (C=O) groups excluding carboxylic acids is 3. The molecule has 2 N–H and O–H groups in total. The molecule has 0 radical (unpaired) electrons. The van der Waals surface area contributed by atoms with Gasteiger partial charge in [0.25, 0.3) is 0 Å². The van der Waals surface area contributed by atoms with Crippen LogP contribution in [-0.2, 0) is 28.6 Å². The Morgan fingerprint density at radius 1 is 1.16 bits per heavy atom. The first-order chi connectivity index (χ1) is 8.81. The summed E-state index contributed by atoms with van der Waals surface area (Å²) in [4.78, 5) is 33.2. The number of carbonyl (C=O) groups is 3. The molecule has 0 aromatic carbocycles. The van der Waals surface area contributed by atoms with Gasteiger partial charge in [-0.25, -0.2) is 0 Å². The molecule has 0 spiro atoms. The molecule has 0 saturated carbocycles. The highest BCUT2D eigenvalue weighted by atomic mass is 16.7. The average molecular weight is 275 g/mol. The van der Waals surface area contributed by atoms with Gasteiger partial charge >= 0.3 is 11.9 Å². The minimum Gasteiger partial charge on any atom is -0.458 e. The van der Waals surface area contributed by atoms with Crippen molar-refractivity contribution in [2.24, 2.45) is 0 Å². The van der Waals surface area contributed by atoms with Crippen LogP contribution < -0.4 is 5.32 Å². The fraction of sp³-hybridized carbons (Fsp3) is 0.727. The highest BCUT2D eigenvalue weighted by molar-refractivity contribution is 5.74. The molecule has 0 aromatic heterocycles. The summed E-state index contributed by atoms with van der Waals surface area (Å²) in [6.45, 7) is 3.52. The molecular weight excluding hydrogens is 258 g/mol. The van der Waals surface area contributed by atoms with E-state index in [0.717, 1.165) is 6.92 Å². The van der Waals surface area contributed by atoms with Crippen molar-refractivity contribution in [1.29, 1.82) is 0 Å². The van der Waals surface area contributed by atoms with E-state index in [1.54, 1.807) is 0 Å². The third-order valence-corrected chi connectivity index (χ3v) is 2.46. The third-order valence-electron chi connectivity index (χ3n) is 2.46. The maximum absolute atomic E-state index is 11.2. The van der Waals surface area contributed by atoms with E-state index in [1.165, 1.54) is 13.8 Å². The van der Waals surface area contributed by atoms with Crippen LogP contribution in [0.3, 0.4) is 0 Å². The van der Waals surface area contributed by atoms with Crippen LogP contribution in [-0.4, -0.2) is 54.1 Å². The zero-order valence-electron chi connectivity index (χ0n) is 10.9. The van der Waals surface area contributed by atoms with Crippen molar-refractivity contribution in [2.45, 2.75) is 45.3 Å². The van der Waals surface area contributed by atoms with E-state index >= 15 is 0 Å². The van der Waals surface area contributed by atoms with Crippen LogP contribution in [0, 0.1) is 0 Å². The van der Waals surface area contributed by atoms with Crippen LogP contribution >= 0.6 is 0 Å². The van der Waals surface area contributed by atoms with Crippen molar-refractivity contribution in [3.8, 4) is 0 Å². The van der Waals surface area contributed by atoms with Gasteiger partial charge in [-0.05, 0) is 0 Å². The van der Waals surface area contributed by atoms with E-state index in [2.05, 4.69) is 5.32 Å². The molecule has 0 aromatic rings. The number of hydrogen-bond donors (Lipinski definition) is 2. The van der Waals surface area contributed by atoms with Crippen LogP contribution in [0.2, 0.25) is 0 Å². The summed E-state index contributed by atoms with van der Waals surface area (Å²) in [5, 5.41) is 12.2. The van der Waals surface area contributed by atoms with Crippen LogP contribution in [0.15, 0.2) is 0 Å². The van der Waals surface area contributed by atoms with Crippen LogP contribution in [0.25, 0.3) is 0 Å². The van der Waals surface area contributed by atoms with Crippen molar-refractivity contribution in [3.63, 3.8) is 0 Å². The highest BCUT2D eigenvalue weighted by Crippen LogP contribution is 2.20. The maximum Gasteiger partial charge on any atom is 0.303 e. The molecule has 1 rings (SSSR count). The number of nitrogens with one attached hydrogen (secondary N) is 1. The normalized spacial score (nSPS) is 30.3. The van der Waals surface area contributed by atoms with Crippen molar-refractivity contribution in [3.05, 3.63) is 0 Å². The van der Waals surface area contributed by atoms with Gasteiger partial charge in [0.2, 0.25) is 5.91 Å². The Morgan fingerprint density at radius 3 is 2.21 bits per heavy atom. The van der Waals surface area contributed by atoms with Gasteiger partial charge in [-0.2, -0.15) is 0 Å². The highest BCUT2D eigenvalue weighted by Gasteiger charge is 2.44. The Hall–Kier alpha value is -1.67. The number of aliphatic hydroxyl groups excluding tert-OH is 1. The van der Waals surface area contributed by atoms with Crippen molar-refractivity contribution < 1.29 is 33.7 Å². The molecule has 1 heterocycles. The van der Waals surface area contributed by atoms with Crippen LogP contribution in [0.1, 0.15) is 20.8 Å². The summed E-state index contributed by atoms with van der Waals surface area (Å²) < 4.78 is 14.9. The summed E-state index contributed by atoms with van der Waals surface area (Å²) in [5.74, 6) is -1.62. The predicted octanol–water partition coefficient (Wildman–Crippen LogP) is -1.30. The lowest BCUT2D eigenvalue weighted by Gasteiger charge is -2.39. The number of esters is 2. The molecule has 0 aliphatic carbocycles. The Balaban J connectivity index is 2.89.